The van der Waals surface area contributed by atoms with Crippen LogP contribution in [0.4, 0.5) is 0 Å². The Balaban J connectivity index is 1.98. The summed E-state index contributed by atoms with van der Waals surface area (Å²) in [4.78, 5) is 0. The van der Waals surface area contributed by atoms with Crippen LogP contribution < -0.4 is 10.6 Å². The molecule has 11 heavy (non-hydrogen) atoms. The first-order chi connectivity index (χ1) is 5.31. The zero-order valence-corrected chi connectivity index (χ0v) is 6.72. The first-order valence-corrected chi connectivity index (χ1v) is 4.11. The average Bonchev–Trinajstić information content (AvgIpc) is 2.34. The highest BCUT2D eigenvalue weighted by atomic mass is 16.7. The number of hydrogen-bond acceptors (Lipinski definition) is 4. The molecule has 2 N–H and O–H groups in total. The Labute approximate surface area is 66.2 Å². The van der Waals surface area contributed by atoms with Gasteiger partial charge in [0, 0.05) is 12.6 Å². The van der Waals surface area contributed by atoms with Gasteiger partial charge in [-0.15, -0.1) is 0 Å². The fraction of sp³-hybridized carbons (Fsp3) is 1.00. The van der Waals surface area contributed by atoms with E-state index in [-0.39, 0.29) is 0 Å². The number of hydrogen-bond donors (Lipinski definition) is 2. The van der Waals surface area contributed by atoms with Gasteiger partial charge in [-0.05, 0) is 13.3 Å². The minimum Gasteiger partial charge on any atom is -0.325 e. The second-order valence-corrected chi connectivity index (χ2v) is 3.10. The van der Waals surface area contributed by atoms with Gasteiger partial charge in [0.1, 0.15) is 0 Å². The van der Waals surface area contributed by atoms with Crippen LogP contribution in [-0.2, 0) is 9.47 Å². The molecular formula is C7H14N2O2. The summed E-state index contributed by atoms with van der Waals surface area (Å²) in [5, 5.41) is 6.38. The Bertz CT molecular complexity index is 140. The molecule has 0 aliphatic carbocycles. The van der Waals surface area contributed by atoms with E-state index in [1.807, 2.05) is 0 Å². The van der Waals surface area contributed by atoms with Crippen molar-refractivity contribution in [1.82, 2.24) is 10.6 Å². The molecule has 2 fully saturated rings. The van der Waals surface area contributed by atoms with E-state index in [0.717, 1.165) is 19.6 Å². The van der Waals surface area contributed by atoms with Crippen molar-refractivity contribution in [2.45, 2.75) is 25.4 Å². The second kappa shape index (κ2) is 2.71. The molecule has 1 spiro atoms. The summed E-state index contributed by atoms with van der Waals surface area (Å²) in [5.41, 5.74) is 0. The quantitative estimate of drug-likeness (QED) is 0.504. The first kappa shape index (κ1) is 7.49. The van der Waals surface area contributed by atoms with E-state index in [2.05, 4.69) is 17.6 Å². The van der Waals surface area contributed by atoms with Gasteiger partial charge >= 0.3 is 0 Å². The highest BCUT2D eigenvalue weighted by Crippen LogP contribution is 2.17. The lowest BCUT2D eigenvalue weighted by Crippen LogP contribution is -2.60. The summed E-state index contributed by atoms with van der Waals surface area (Å²) in [6.45, 7) is 4.52. The molecule has 0 amide bonds. The third kappa shape index (κ3) is 1.39. The third-order valence-electron chi connectivity index (χ3n) is 1.96. The molecule has 0 saturated carbocycles. The standard InChI is InChI=1S/C7H14N2O2/c1-6-5-11-7(9-6)8-3-2-4-10-7/h6,8-9H,2-5H2,1H3. The minimum atomic E-state index is -0.655. The molecule has 2 aliphatic rings. The lowest BCUT2D eigenvalue weighted by molar-refractivity contribution is -0.257. The van der Waals surface area contributed by atoms with Gasteiger partial charge in [-0.2, -0.15) is 0 Å². The second-order valence-electron chi connectivity index (χ2n) is 3.10. The topological polar surface area (TPSA) is 42.5 Å². The van der Waals surface area contributed by atoms with Crippen LogP contribution in [0.2, 0.25) is 0 Å². The summed E-state index contributed by atoms with van der Waals surface area (Å²) < 4.78 is 10.9. The molecule has 2 rings (SSSR count). The van der Waals surface area contributed by atoms with Gasteiger partial charge in [-0.25, -0.2) is 5.32 Å². The molecule has 0 aromatic carbocycles. The van der Waals surface area contributed by atoms with Crippen LogP contribution in [0, 0.1) is 0 Å². The maximum atomic E-state index is 5.45. The summed E-state index contributed by atoms with van der Waals surface area (Å²) in [5.74, 6) is 0. The smallest absolute Gasteiger partial charge is 0.292 e. The van der Waals surface area contributed by atoms with Gasteiger partial charge in [0.05, 0.1) is 13.2 Å². The van der Waals surface area contributed by atoms with Crippen LogP contribution >= 0.6 is 0 Å². The van der Waals surface area contributed by atoms with Crippen molar-refractivity contribution < 1.29 is 9.47 Å². The number of nitrogens with one attached hydrogen (secondary N) is 2. The third-order valence-corrected chi connectivity index (χ3v) is 1.96. The van der Waals surface area contributed by atoms with Crippen molar-refractivity contribution in [2.75, 3.05) is 19.8 Å². The number of rotatable bonds is 0. The Hall–Kier alpha value is -0.160. The summed E-state index contributed by atoms with van der Waals surface area (Å²) >= 11 is 0. The van der Waals surface area contributed by atoms with Gasteiger partial charge in [0.15, 0.2) is 0 Å². The lowest BCUT2D eigenvalue weighted by Gasteiger charge is -2.33. The fourth-order valence-corrected chi connectivity index (χ4v) is 1.43. The molecule has 2 aliphatic heterocycles. The molecule has 4 heteroatoms. The first-order valence-electron chi connectivity index (χ1n) is 4.11. The largest absolute Gasteiger partial charge is 0.325 e. The highest BCUT2D eigenvalue weighted by molar-refractivity contribution is 4.79. The molecule has 2 saturated heterocycles. The van der Waals surface area contributed by atoms with Gasteiger partial charge < -0.3 is 9.47 Å². The van der Waals surface area contributed by atoms with Gasteiger partial charge in [-0.1, -0.05) is 0 Å². The molecule has 0 radical (unpaired) electrons. The maximum Gasteiger partial charge on any atom is 0.292 e. The monoisotopic (exact) mass is 158 g/mol. The van der Waals surface area contributed by atoms with Crippen molar-refractivity contribution >= 4 is 0 Å². The Kier molecular flexibility index (Phi) is 1.85. The Morgan fingerprint density at radius 1 is 1.45 bits per heavy atom. The van der Waals surface area contributed by atoms with E-state index in [9.17, 15) is 0 Å². The van der Waals surface area contributed by atoms with Gasteiger partial charge in [-0.3, -0.25) is 5.32 Å². The Morgan fingerprint density at radius 3 is 2.91 bits per heavy atom. The SMILES string of the molecule is CC1COC2(NCCCO2)N1. The molecule has 2 unspecified atom stereocenters. The average molecular weight is 158 g/mol. The molecule has 4 nitrogen and oxygen atoms in total. The summed E-state index contributed by atoms with van der Waals surface area (Å²) in [7, 11) is 0. The van der Waals surface area contributed by atoms with Crippen LogP contribution in [0.15, 0.2) is 0 Å². The van der Waals surface area contributed by atoms with E-state index < -0.39 is 6.03 Å². The summed E-state index contributed by atoms with van der Waals surface area (Å²) in [6.07, 6.45) is 1.06. The molecule has 0 aromatic heterocycles. The van der Waals surface area contributed by atoms with Crippen molar-refractivity contribution in [3.63, 3.8) is 0 Å². The molecule has 0 aromatic rings. The van der Waals surface area contributed by atoms with E-state index >= 15 is 0 Å². The van der Waals surface area contributed by atoms with E-state index in [0.29, 0.717) is 12.6 Å². The van der Waals surface area contributed by atoms with Crippen LogP contribution in [0.5, 0.6) is 0 Å². The maximum absolute atomic E-state index is 5.45. The summed E-state index contributed by atoms with van der Waals surface area (Å²) in [6, 6.07) is -0.280. The van der Waals surface area contributed by atoms with Crippen molar-refractivity contribution in [1.29, 1.82) is 0 Å². The van der Waals surface area contributed by atoms with E-state index in [4.69, 9.17) is 9.47 Å². The van der Waals surface area contributed by atoms with Gasteiger partial charge in [0.2, 0.25) is 0 Å². The van der Waals surface area contributed by atoms with E-state index in [1.165, 1.54) is 0 Å². The van der Waals surface area contributed by atoms with Gasteiger partial charge in [0.25, 0.3) is 6.03 Å². The fourth-order valence-electron chi connectivity index (χ4n) is 1.43. The van der Waals surface area contributed by atoms with Crippen molar-refractivity contribution in [2.24, 2.45) is 0 Å². The van der Waals surface area contributed by atoms with Crippen molar-refractivity contribution in [3.8, 4) is 0 Å². The van der Waals surface area contributed by atoms with Crippen molar-refractivity contribution in [3.05, 3.63) is 0 Å². The molecule has 2 heterocycles. The lowest BCUT2D eigenvalue weighted by atomic mass is 10.4. The zero-order chi connectivity index (χ0) is 7.73. The minimum absolute atomic E-state index is 0.376. The number of ether oxygens (including phenoxy) is 2. The molecular weight excluding hydrogens is 144 g/mol. The highest BCUT2D eigenvalue weighted by Gasteiger charge is 2.40. The predicted molar refractivity (Wildman–Crippen MR) is 39.9 cm³/mol. The van der Waals surface area contributed by atoms with E-state index in [1.54, 1.807) is 0 Å². The normalized spacial score (nSPS) is 45.0. The Morgan fingerprint density at radius 2 is 2.36 bits per heavy atom. The van der Waals surface area contributed by atoms with Crippen LogP contribution in [0.25, 0.3) is 0 Å². The molecule has 64 valence electrons. The van der Waals surface area contributed by atoms with Crippen LogP contribution in [-0.4, -0.2) is 31.8 Å². The molecule has 0 bridgehead atoms. The van der Waals surface area contributed by atoms with Crippen LogP contribution in [0.3, 0.4) is 0 Å². The van der Waals surface area contributed by atoms with Crippen LogP contribution in [0.1, 0.15) is 13.3 Å². The predicted octanol–water partition coefficient (Wildman–Crippen LogP) is -0.384. The zero-order valence-electron chi connectivity index (χ0n) is 6.72. The molecule has 2 atom stereocenters.